The normalized spacial score (nSPS) is 12.6. The van der Waals surface area contributed by atoms with Crippen LogP contribution in [-0.2, 0) is 0 Å². The minimum absolute atomic E-state index is 0.207. The van der Waals surface area contributed by atoms with Crippen LogP contribution in [0.1, 0.15) is 0 Å². The van der Waals surface area contributed by atoms with E-state index in [1.165, 1.54) is 0 Å². The highest BCUT2D eigenvalue weighted by molar-refractivity contribution is 9.10. The molecule has 0 aromatic heterocycles. The molecule has 0 amide bonds. The van der Waals surface area contributed by atoms with E-state index in [2.05, 4.69) is 21.2 Å². The molecule has 1 unspecified atom stereocenters. The summed E-state index contributed by atoms with van der Waals surface area (Å²) in [4.78, 5) is 0. The molecule has 0 spiro atoms. The van der Waals surface area contributed by atoms with E-state index in [1.807, 2.05) is 12.1 Å². The Morgan fingerprint density at radius 3 is 2.86 bits per heavy atom. The van der Waals surface area contributed by atoms with Gasteiger partial charge in [-0.25, -0.2) is 0 Å². The number of aliphatic hydroxyl groups excluding tert-OH is 1. The molecule has 0 bridgehead atoms. The molecule has 1 aromatic rings. The van der Waals surface area contributed by atoms with E-state index in [-0.39, 0.29) is 5.88 Å². The summed E-state index contributed by atoms with van der Waals surface area (Å²) in [5.41, 5.74) is 0.783. The van der Waals surface area contributed by atoms with Gasteiger partial charge in [0.15, 0.2) is 0 Å². The Hall–Kier alpha value is 0.0400. The molecule has 2 N–H and O–H groups in total. The van der Waals surface area contributed by atoms with Gasteiger partial charge in [0.25, 0.3) is 0 Å². The summed E-state index contributed by atoms with van der Waals surface area (Å²) < 4.78 is 0.935. The molecule has 0 heterocycles. The lowest BCUT2D eigenvalue weighted by Gasteiger charge is -2.11. The molecule has 1 atom stereocenters. The van der Waals surface area contributed by atoms with Crippen molar-refractivity contribution in [1.29, 1.82) is 0 Å². The fourth-order valence-electron chi connectivity index (χ4n) is 0.915. The first-order valence-corrected chi connectivity index (χ1v) is 5.77. The van der Waals surface area contributed by atoms with Crippen molar-refractivity contribution >= 4 is 44.8 Å². The van der Waals surface area contributed by atoms with Crippen LogP contribution in [0.2, 0.25) is 5.02 Å². The van der Waals surface area contributed by atoms with Crippen LogP contribution in [0, 0.1) is 0 Å². The SMILES string of the molecule is OC(CCl)CNc1cc(Br)ccc1Cl. The van der Waals surface area contributed by atoms with Gasteiger partial charge in [-0.2, -0.15) is 0 Å². The second-order valence-corrected chi connectivity index (χ2v) is 4.44. The molecule has 2 nitrogen and oxygen atoms in total. The first-order chi connectivity index (χ1) is 6.63. The molecule has 1 rings (SSSR count). The molecule has 0 aliphatic carbocycles. The smallest absolute Gasteiger partial charge is 0.0847 e. The van der Waals surface area contributed by atoms with Crippen molar-refractivity contribution in [2.24, 2.45) is 0 Å². The number of hydrogen-bond donors (Lipinski definition) is 2. The van der Waals surface area contributed by atoms with E-state index in [4.69, 9.17) is 23.2 Å². The average molecular weight is 299 g/mol. The van der Waals surface area contributed by atoms with Crippen LogP contribution < -0.4 is 5.32 Å². The number of anilines is 1. The lowest BCUT2D eigenvalue weighted by molar-refractivity contribution is 0.211. The summed E-state index contributed by atoms with van der Waals surface area (Å²) in [7, 11) is 0. The Morgan fingerprint density at radius 2 is 2.21 bits per heavy atom. The van der Waals surface area contributed by atoms with Crippen LogP contribution in [0.25, 0.3) is 0 Å². The zero-order valence-corrected chi connectivity index (χ0v) is 10.4. The van der Waals surface area contributed by atoms with E-state index >= 15 is 0 Å². The first kappa shape index (κ1) is 12.1. The van der Waals surface area contributed by atoms with Crippen LogP contribution in [0.4, 0.5) is 5.69 Å². The van der Waals surface area contributed by atoms with Gasteiger partial charge in [-0.3, -0.25) is 0 Å². The maximum atomic E-state index is 9.23. The van der Waals surface area contributed by atoms with Gasteiger partial charge >= 0.3 is 0 Å². The Bertz CT molecular complexity index is 309. The van der Waals surface area contributed by atoms with Crippen LogP contribution >= 0.6 is 39.1 Å². The molecule has 14 heavy (non-hydrogen) atoms. The van der Waals surface area contributed by atoms with Gasteiger partial charge in [0, 0.05) is 11.0 Å². The van der Waals surface area contributed by atoms with Crippen molar-refractivity contribution in [1.82, 2.24) is 0 Å². The third-order valence-electron chi connectivity index (χ3n) is 1.63. The Balaban J connectivity index is 2.62. The quantitative estimate of drug-likeness (QED) is 0.837. The number of nitrogens with one attached hydrogen (secondary N) is 1. The maximum absolute atomic E-state index is 9.23. The fraction of sp³-hybridized carbons (Fsp3) is 0.333. The molecule has 0 fully saturated rings. The molecular formula is C9H10BrCl2NO. The third kappa shape index (κ3) is 3.65. The standard InChI is InChI=1S/C9H10BrCl2NO/c10-6-1-2-8(12)9(3-6)13-5-7(14)4-11/h1-3,7,13-14H,4-5H2. The van der Waals surface area contributed by atoms with Gasteiger partial charge < -0.3 is 10.4 Å². The highest BCUT2D eigenvalue weighted by atomic mass is 79.9. The van der Waals surface area contributed by atoms with Gasteiger partial charge in [-0.05, 0) is 18.2 Å². The molecule has 0 aliphatic rings. The molecule has 0 saturated heterocycles. The van der Waals surface area contributed by atoms with Crippen LogP contribution in [-0.4, -0.2) is 23.6 Å². The van der Waals surface area contributed by atoms with Gasteiger partial charge in [-0.1, -0.05) is 27.5 Å². The largest absolute Gasteiger partial charge is 0.390 e. The monoisotopic (exact) mass is 297 g/mol. The van der Waals surface area contributed by atoms with Gasteiger partial charge in [-0.15, -0.1) is 11.6 Å². The third-order valence-corrected chi connectivity index (χ3v) is 2.81. The van der Waals surface area contributed by atoms with Crippen molar-refractivity contribution in [3.63, 3.8) is 0 Å². The van der Waals surface area contributed by atoms with Gasteiger partial charge in [0.2, 0.25) is 0 Å². The predicted octanol–water partition coefficient (Wildman–Crippen LogP) is 3.11. The van der Waals surface area contributed by atoms with Gasteiger partial charge in [0.1, 0.15) is 0 Å². The number of benzene rings is 1. The number of rotatable bonds is 4. The summed E-state index contributed by atoms with van der Waals surface area (Å²) in [6, 6.07) is 5.48. The van der Waals surface area contributed by atoms with Crippen molar-refractivity contribution in [3.05, 3.63) is 27.7 Å². The van der Waals surface area contributed by atoms with E-state index in [9.17, 15) is 5.11 Å². The highest BCUT2D eigenvalue weighted by Crippen LogP contribution is 2.25. The molecule has 78 valence electrons. The fourth-order valence-corrected chi connectivity index (χ4v) is 1.57. The number of alkyl halides is 1. The second kappa shape index (κ2) is 5.81. The predicted molar refractivity (Wildman–Crippen MR) is 64.4 cm³/mol. The Kier molecular flexibility index (Phi) is 5.02. The van der Waals surface area contributed by atoms with Crippen LogP contribution in [0.15, 0.2) is 22.7 Å². The maximum Gasteiger partial charge on any atom is 0.0847 e. The minimum Gasteiger partial charge on any atom is -0.390 e. The first-order valence-electron chi connectivity index (χ1n) is 4.06. The van der Waals surface area contributed by atoms with Crippen molar-refractivity contribution in [3.8, 4) is 0 Å². The van der Waals surface area contributed by atoms with E-state index in [1.54, 1.807) is 6.07 Å². The summed E-state index contributed by atoms with van der Waals surface area (Å²) in [6.45, 7) is 0.389. The lowest BCUT2D eigenvalue weighted by atomic mass is 10.3. The highest BCUT2D eigenvalue weighted by Gasteiger charge is 2.04. The molecular weight excluding hydrogens is 289 g/mol. The zero-order valence-electron chi connectivity index (χ0n) is 7.30. The summed E-state index contributed by atoms with van der Waals surface area (Å²) >= 11 is 14.7. The van der Waals surface area contributed by atoms with Crippen LogP contribution in [0.3, 0.4) is 0 Å². The molecule has 5 heteroatoms. The Labute approximate surface area is 101 Å². The summed E-state index contributed by atoms with van der Waals surface area (Å²) in [6.07, 6.45) is -0.563. The number of halogens is 3. The molecule has 0 aliphatic heterocycles. The van der Waals surface area contributed by atoms with Crippen molar-refractivity contribution in [2.45, 2.75) is 6.10 Å². The van der Waals surface area contributed by atoms with Crippen LogP contribution in [0.5, 0.6) is 0 Å². The minimum atomic E-state index is -0.563. The number of aliphatic hydroxyl groups is 1. The van der Waals surface area contributed by atoms with Gasteiger partial charge in [0.05, 0.1) is 22.7 Å². The van der Waals surface area contributed by atoms with E-state index in [0.717, 1.165) is 10.2 Å². The molecule has 1 aromatic carbocycles. The van der Waals surface area contributed by atoms with E-state index < -0.39 is 6.10 Å². The summed E-state index contributed by atoms with van der Waals surface area (Å²) in [5.74, 6) is 0.207. The van der Waals surface area contributed by atoms with E-state index in [0.29, 0.717) is 11.6 Å². The Morgan fingerprint density at radius 1 is 1.50 bits per heavy atom. The number of hydrogen-bond acceptors (Lipinski definition) is 2. The van der Waals surface area contributed by atoms with Crippen molar-refractivity contribution in [2.75, 3.05) is 17.7 Å². The molecule has 0 saturated carbocycles. The molecule has 0 radical (unpaired) electrons. The average Bonchev–Trinajstić information content (AvgIpc) is 2.19. The second-order valence-electron chi connectivity index (χ2n) is 2.81. The summed E-state index contributed by atoms with van der Waals surface area (Å²) in [5, 5.41) is 12.9. The topological polar surface area (TPSA) is 32.3 Å². The lowest BCUT2D eigenvalue weighted by Crippen LogP contribution is -2.20. The van der Waals surface area contributed by atoms with Crippen molar-refractivity contribution < 1.29 is 5.11 Å². The zero-order chi connectivity index (χ0) is 10.6.